The van der Waals surface area contributed by atoms with Gasteiger partial charge in [0.2, 0.25) is 5.44 Å². The largest absolute Gasteiger partial charge is 0.297 e. The Morgan fingerprint density at radius 3 is 2.31 bits per heavy atom. The fraction of sp³-hybridized carbons (Fsp3) is 0.600. The van der Waals surface area contributed by atoms with Crippen LogP contribution in [0.2, 0.25) is 0 Å². The van der Waals surface area contributed by atoms with Crippen LogP contribution in [0.15, 0.2) is 11.6 Å². The van der Waals surface area contributed by atoms with Crippen molar-refractivity contribution in [2.24, 2.45) is 0 Å². The van der Waals surface area contributed by atoms with Crippen molar-refractivity contribution in [2.75, 3.05) is 0 Å². The van der Waals surface area contributed by atoms with Crippen LogP contribution in [0.4, 0.5) is 0 Å². The lowest BCUT2D eigenvalue weighted by molar-refractivity contribution is -0.111. The van der Waals surface area contributed by atoms with Crippen LogP contribution in [0.5, 0.6) is 0 Å². The monoisotopic (exact) mass is 245 g/mol. The Labute approximate surface area is 95.1 Å². The van der Waals surface area contributed by atoms with Gasteiger partial charge >= 0.3 is 0 Å². The number of Topliss-reactive ketones (excluding diaryl/α,β-unsaturated/α-hetero) is 1. The molecule has 1 saturated heterocycles. The highest BCUT2D eigenvalue weighted by Crippen LogP contribution is 2.21. The van der Waals surface area contributed by atoms with Crippen molar-refractivity contribution in [1.82, 2.24) is 0 Å². The lowest BCUT2D eigenvalue weighted by atomic mass is 10.1. The van der Waals surface area contributed by atoms with Gasteiger partial charge in [-0.1, -0.05) is 6.08 Å². The fourth-order valence-electron chi connectivity index (χ4n) is 1.29. The molecule has 1 unspecified atom stereocenters. The van der Waals surface area contributed by atoms with Crippen molar-refractivity contribution in [2.45, 2.75) is 38.5 Å². The smallest absolute Gasteiger partial charge is 0.297 e. The van der Waals surface area contributed by atoms with E-state index in [2.05, 4.69) is 4.18 Å². The van der Waals surface area contributed by atoms with Gasteiger partial charge < -0.3 is 0 Å². The molecule has 1 atom stereocenters. The predicted octanol–water partition coefficient (Wildman–Crippen LogP) is 1.40. The van der Waals surface area contributed by atoms with E-state index in [-0.39, 0.29) is 11.5 Å². The summed E-state index contributed by atoms with van der Waals surface area (Å²) in [5.41, 5.74) is 0.613. The van der Waals surface area contributed by atoms with Gasteiger partial charge in [0.15, 0.2) is 5.78 Å². The Hall–Kier alpha value is -1.01. The number of allylic oxidation sites excluding steroid dienone is 2. The average Bonchev–Trinajstić information content (AvgIpc) is 2.67. The van der Waals surface area contributed by atoms with Crippen molar-refractivity contribution in [3.8, 4) is 0 Å². The molecule has 1 heterocycles. The molecule has 0 aromatic rings. The molecule has 0 spiro atoms. The van der Waals surface area contributed by atoms with E-state index < -0.39 is 15.6 Å². The molecule has 0 radical (unpaired) electrons. The molecule has 0 aromatic heterocycles. The van der Waals surface area contributed by atoms with Crippen LogP contribution in [-0.4, -0.2) is 25.3 Å². The van der Waals surface area contributed by atoms with Gasteiger partial charge in [-0.15, -0.1) is 0 Å². The van der Waals surface area contributed by atoms with E-state index in [1.807, 2.05) is 6.08 Å². The van der Waals surface area contributed by atoms with Gasteiger partial charge in [-0.05, 0) is 31.8 Å². The molecule has 0 amide bonds. The summed E-state index contributed by atoms with van der Waals surface area (Å²) in [5.74, 6) is -0.117. The number of hydrogen-bond donors (Lipinski definition) is 1. The maximum atomic E-state index is 10.7. The Kier molecular flexibility index (Phi) is 3.98. The molecule has 1 fully saturated rings. The van der Waals surface area contributed by atoms with E-state index in [4.69, 9.17) is 5.41 Å². The van der Waals surface area contributed by atoms with Crippen molar-refractivity contribution >= 4 is 21.6 Å². The third kappa shape index (κ3) is 3.53. The van der Waals surface area contributed by atoms with Gasteiger partial charge in [-0.2, -0.15) is 8.42 Å². The number of carbonyl (C=O) groups excluding carboxylic acids is 1. The minimum absolute atomic E-state index is 0.117. The van der Waals surface area contributed by atoms with E-state index in [0.717, 1.165) is 24.8 Å². The van der Waals surface area contributed by atoms with Crippen molar-refractivity contribution < 1.29 is 17.4 Å². The lowest BCUT2D eigenvalue weighted by Crippen LogP contribution is -2.09. The Bertz CT molecular complexity index is 436. The van der Waals surface area contributed by atoms with Crippen molar-refractivity contribution in [1.29, 1.82) is 5.41 Å². The first-order valence-corrected chi connectivity index (χ1v) is 6.52. The first-order valence-electron chi connectivity index (χ1n) is 5.05. The highest BCUT2D eigenvalue weighted by molar-refractivity contribution is 7.92. The van der Waals surface area contributed by atoms with E-state index in [0.29, 0.717) is 0 Å². The Morgan fingerprint density at radius 1 is 1.56 bits per heavy atom. The zero-order valence-electron chi connectivity index (χ0n) is 9.32. The van der Waals surface area contributed by atoms with E-state index in [1.54, 1.807) is 0 Å². The summed E-state index contributed by atoms with van der Waals surface area (Å²) in [6, 6.07) is 0. The number of rotatable bonds is 2. The summed E-state index contributed by atoms with van der Waals surface area (Å²) in [7, 11) is -3.00. The summed E-state index contributed by atoms with van der Waals surface area (Å²) in [6.45, 7) is 2.94. The third-order valence-corrected chi connectivity index (χ3v) is 3.63. The molecule has 1 N–H and O–H groups in total. The molecule has 2 rings (SSSR count). The second-order valence-electron chi connectivity index (χ2n) is 3.71. The van der Waals surface area contributed by atoms with Crippen LogP contribution in [0.1, 0.15) is 33.1 Å². The zero-order valence-corrected chi connectivity index (χ0v) is 10.1. The molecule has 0 bridgehead atoms. The summed E-state index contributed by atoms with van der Waals surface area (Å²) in [4.78, 5) is 10.7. The fourth-order valence-corrected chi connectivity index (χ4v) is 1.82. The minimum Gasteiger partial charge on any atom is -0.297 e. The van der Waals surface area contributed by atoms with Crippen LogP contribution < -0.4 is 0 Å². The van der Waals surface area contributed by atoms with E-state index in [1.165, 1.54) is 13.8 Å². The van der Waals surface area contributed by atoms with Crippen LogP contribution >= 0.6 is 0 Å². The second-order valence-corrected chi connectivity index (χ2v) is 5.55. The highest BCUT2D eigenvalue weighted by Gasteiger charge is 2.40. The van der Waals surface area contributed by atoms with Gasteiger partial charge in [0.1, 0.15) is 0 Å². The number of hydrogen-bond acceptors (Lipinski definition) is 5. The predicted molar refractivity (Wildman–Crippen MR) is 59.8 cm³/mol. The quantitative estimate of drug-likeness (QED) is 0.588. The molecule has 16 heavy (non-hydrogen) atoms. The minimum atomic E-state index is -3.00. The van der Waals surface area contributed by atoms with Gasteiger partial charge in [0.05, 0.1) is 5.71 Å². The zero-order chi connectivity index (χ0) is 12.3. The van der Waals surface area contributed by atoms with Crippen molar-refractivity contribution in [3.63, 3.8) is 0 Å². The molecule has 90 valence electrons. The van der Waals surface area contributed by atoms with Crippen LogP contribution in [0, 0.1) is 5.41 Å². The maximum absolute atomic E-state index is 10.7. The Balaban J connectivity index is 0.000000181. The molecule has 1 aliphatic heterocycles. The third-order valence-electron chi connectivity index (χ3n) is 2.35. The van der Waals surface area contributed by atoms with E-state index in [9.17, 15) is 13.2 Å². The highest BCUT2D eigenvalue weighted by atomic mass is 32.2. The van der Waals surface area contributed by atoms with Gasteiger partial charge in [0, 0.05) is 6.92 Å². The summed E-state index contributed by atoms with van der Waals surface area (Å²) in [6.07, 6.45) is 5.04. The topological polar surface area (TPSA) is 87.6 Å². The van der Waals surface area contributed by atoms with Gasteiger partial charge in [-0.25, -0.2) is 4.18 Å². The molecular weight excluding hydrogens is 230 g/mol. The van der Waals surface area contributed by atoms with Crippen LogP contribution in [0.25, 0.3) is 0 Å². The first kappa shape index (κ1) is 13.1. The van der Waals surface area contributed by atoms with Crippen LogP contribution in [0.3, 0.4) is 0 Å². The second kappa shape index (κ2) is 4.88. The average molecular weight is 245 g/mol. The number of carbonyl (C=O) groups is 1. The summed E-state index contributed by atoms with van der Waals surface area (Å²) >= 11 is 0. The number of ketones is 1. The van der Waals surface area contributed by atoms with E-state index >= 15 is 0 Å². The standard InChI is InChI=1S/C8H11NO.C2H4O3S/c1-6(10)8(9)7-4-2-3-5-7;1-2-5-6(2,3)4/h4,9H,2-3,5H2,1H3;2H,1H3. The summed E-state index contributed by atoms with van der Waals surface area (Å²) in [5, 5.41) is 7.32. The molecular formula is C10H15NO4S. The van der Waals surface area contributed by atoms with Crippen LogP contribution in [-0.2, 0) is 19.1 Å². The molecule has 5 nitrogen and oxygen atoms in total. The van der Waals surface area contributed by atoms with Crippen molar-refractivity contribution in [3.05, 3.63) is 11.6 Å². The molecule has 6 heteroatoms. The normalized spacial score (nSPS) is 25.1. The number of nitrogens with one attached hydrogen (secondary N) is 1. The van der Waals surface area contributed by atoms with Gasteiger partial charge in [-0.3, -0.25) is 10.2 Å². The molecule has 2 aliphatic rings. The summed E-state index contributed by atoms with van der Waals surface area (Å²) < 4.78 is 23.8. The van der Waals surface area contributed by atoms with Gasteiger partial charge in [0.25, 0.3) is 10.1 Å². The molecule has 0 saturated carbocycles. The SMILES string of the molecule is CC(=O)C(=N)C1=CCCC1.CC1OS1(=O)=O. The first-order chi connectivity index (χ1) is 7.34. The molecule has 0 aromatic carbocycles. The Morgan fingerprint density at radius 2 is 2.06 bits per heavy atom. The lowest BCUT2D eigenvalue weighted by Gasteiger charge is -1.97. The molecule has 1 aliphatic carbocycles. The maximum Gasteiger partial charge on any atom is 0.297 e.